The molecule has 0 amide bonds. The molecule has 6 heteroatoms. The van der Waals surface area contributed by atoms with Crippen molar-refractivity contribution in [3.63, 3.8) is 0 Å². The van der Waals surface area contributed by atoms with Crippen LogP contribution in [-0.4, -0.2) is 42.1 Å². The minimum Gasteiger partial charge on any atom is -0.480 e. The third kappa shape index (κ3) is 1.90. The number of carboxylic acids is 1. The van der Waals surface area contributed by atoms with E-state index in [1.807, 2.05) is 0 Å². The first-order valence-electron chi connectivity index (χ1n) is 4.62. The van der Waals surface area contributed by atoms with Gasteiger partial charge in [0.1, 0.15) is 6.04 Å². The molecule has 0 spiro atoms. The van der Waals surface area contributed by atoms with Gasteiger partial charge in [-0.15, -0.1) is 0 Å². The van der Waals surface area contributed by atoms with Gasteiger partial charge in [0, 0.05) is 6.54 Å². The molecule has 1 N–H and O–H groups in total. The van der Waals surface area contributed by atoms with Crippen molar-refractivity contribution < 1.29 is 18.3 Å². The van der Waals surface area contributed by atoms with Crippen LogP contribution >= 0.6 is 0 Å². The summed E-state index contributed by atoms with van der Waals surface area (Å²) in [5, 5.41) is 8.91. The van der Waals surface area contributed by atoms with Crippen LogP contribution in [0.25, 0.3) is 0 Å². The molecule has 0 radical (unpaired) electrons. The minimum absolute atomic E-state index is 0.0382. The van der Waals surface area contributed by atoms with E-state index in [1.165, 1.54) is 6.92 Å². The number of sulfonamides is 1. The molecule has 0 aromatic carbocycles. The van der Waals surface area contributed by atoms with E-state index in [0.717, 1.165) is 4.31 Å². The van der Waals surface area contributed by atoms with Gasteiger partial charge in [-0.2, -0.15) is 4.31 Å². The second kappa shape index (κ2) is 3.86. The minimum atomic E-state index is -3.37. The summed E-state index contributed by atoms with van der Waals surface area (Å²) in [7, 11) is -3.37. The average molecular weight is 221 g/mol. The molecule has 1 aliphatic rings. The first-order valence-corrected chi connectivity index (χ1v) is 6.23. The highest BCUT2D eigenvalue weighted by Crippen LogP contribution is 2.26. The van der Waals surface area contributed by atoms with E-state index in [1.54, 1.807) is 6.92 Å². The zero-order valence-electron chi connectivity index (χ0n) is 8.30. The van der Waals surface area contributed by atoms with Gasteiger partial charge in [-0.25, -0.2) is 8.42 Å². The summed E-state index contributed by atoms with van der Waals surface area (Å²) < 4.78 is 24.2. The molecule has 1 fully saturated rings. The van der Waals surface area contributed by atoms with E-state index in [4.69, 9.17) is 5.11 Å². The highest BCUT2D eigenvalue weighted by molar-refractivity contribution is 7.89. The fourth-order valence-corrected chi connectivity index (χ4v) is 3.12. The first kappa shape index (κ1) is 11.5. The van der Waals surface area contributed by atoms with Gasteiger partial charge in [-0.3, -0.25) is 4.79 Å². The molecular formula is C8H15NO4S. The molecule has 0 saturated carbocycles. The first-order chi connectivity index (χ1) is 6.40. The molecule has 0 bridgehead atoms. The van der Waals surface area contributed by atoms with Crippen molar-refractivity contribution in [2.45, 2.75) is 26.3 Å². The standard InChI is InChI=1S/C8H15NO4S/c1-3-14(12,13)9-5-4-6(2)7(9)8(10)11/h6-7H,3-5H2,1-2H3,(H,10,11). The van der Waals surface area contributed by atoms with E-state index in [9.17, 15) is 13.2 Å². The Bertz CT molecular complexity index is 324. The van der Waals surface area contributed by atoms with Gasteiger partial charge in [0.15, 0.2) is 0 Å². The largest absolute Gasteiger partial charge is 0.480 e. The average Bonchev–Trinajstić information content (AvgIpc) is 2.47. The van der Waals surface area contributed by atoms with E-state index in [2.05, 4.69) is 0 Å². The van der Waals surface area contributed by atoms with Crippen LogP contribution in [-0.2, 0) is 14.8 Å². The molecule has 1 heterocycles. The van der Waals surface area contributed by atoms with Crippen molar-refractivity contribution >= 4 is 16.0 Å². The highest BCUT2D eigenvalue weighted by Gasteiger charge is 2.42. The number of hydrogen-bond donors (Lipinski definition) is 1. The van der Waals surface area contributed by atoms with Crippen LogP contribution in [0.5, 0.6) is 0 Å². The van der Waals surface area contributed by atoms with Crippen LogP contribution in [0.2, 0.25) is 0 Å². The Balaban J connectivity index is 2.96. The normalized spacial score (nSPS) is 29.3. The van der Waals surface area contributed by atoms with Crippen molar-refractivity contribution in [1.29, 1.82) is 0 Å². The highest BCUT2D eigenvalue weighted by atomic mass is 32.2. The van der Waals surface area contributed by atoms with Crippen molar-refractivity contribution in [3.05, 3.63) is 0 Å². The number of nitrogens with zero attached hydrogens (tertiary/aromatic N) is 1. The maximum atomic E-state index is 11.5. The Morgan fingerprint density at radius 3 is 2.57 bits per heavy atom. The van der Waals surface area contributed by atoms with E-state index in [-0.39, 0.29) is 11.7 Å². The van der Waals surface area contributed by atoms with E-state index < -0.39 is 22.0 Å². The van der Waals surface area contributed by atoms with Crippen molar-refractivity contribution in [2.75, 3.05) is 12.3 Å². The molecule has 82 valence electrons. The van der Waals surface area contributed by atoms with Gasteiger partial charge in [-0.05, 0) is 19.3 Å². The molecule has 5 nitrogen and oxygen atoms in total. The lowest BCUT2D eigenvalue weighted by Crippen LogP contribution is -2.43. The predicted molar refractivity (Wildman–Crippen MR) is 51.4 cm³/mol. The Hall–Kier alpha value is -0.620. The summed E-state index contributed by atoms with van der Waals surface area (Å²) in [4.78, 5) is 10.9. The van der Waals surface area contributed by atoms with Crippen molar-refractivity contribution in [1.82, 2.24) is 4.31 Å². The SMILES string of the molecule is CCS(=O)(=O)N1CCC(C)C1C(=O)O. The number of hydrogen-bond acceptors (Lipinski definition) is 3. The van der Waals surface area contributed by atoms with E-state index in [0.29, 0.717) is 13.0 Å². The molecule has 2 atom stereocenters. The summed E-state index contributed by atoms with van der Waals surface area (Å²) in [6.07, 6.45) is 0.621. The van der Waals surface area contributed by atoms with Gasteiger partial charge >= 0.3 is 5.97 Å². The topological polar surface area (TPSA) is 74.7 Å². The summed E-state index contributed by atoms with van der Waals surface area (Å²) in [5.41, 5.74) is 0. The Kier molecular flexibility index (Phi) is 3.16. The number of rotatable bonds is 3. The van der Waals surface area contributed by atoms with Gasteiger partial charge in [0.2, 0.25) is 10.0 Å². The lowest BCUT2D eigenvalue weighted by Gasteiger charge is -2.21. The maximum absolute atomic E-state index is 11.5. The number of carbonyl (C=O) groups is 1. The third-order valence-corrected chi connectivity index (χ3v) is 4.48. The molecule has 2 unspecified atom stereocenters. The summed E-state index contributed by atoms with van der Waals surface area (Å²) in [6.45, 7) is 3.62. The van der Waals surface area contributed by atoms with Crippen LogP contribution in [0.15, 0.2) is 0 Å². The molecule has 14 heavy (non-hydrogen) atoms. The fraction of sp³-hybridized carbons (Fsp3) is 0.875. The van der Waals surface area contributed by atoms with E-state index >= 15 is 0 Å². The second-order valence-electron chi connectivity index (χ2n) is 3.56. The van der Waals surface area contributed by atoms with Crippen LogP contribution in [0, 0.1) is 5.92 Å². The summed E-state index contributed by atoms with van der Waals surface area (Å²) in [6, 6.07) is -0.875. The number of aliphatic carboxylic acids is 1. The monoisotopic (exact) mass is 221 g/mol. The van der Waals surface area contributed by atoms with Gasteiger partial charge in [0.25, 0.3) is 0 Å². The van der Waals surface area contributed by atoms with Crippen molar-refractivity contribution in [2.24, 2.45) is 5.92 Å². The maximum Gasteiger partial charge on any atom is 0.322 e. The summed E-state index contributed by atoms with van der Waals surface area (Å²) in [5.74, 6) is -1.19. The zero-order valence-corrected chi connectivity index (χ0v) is 9.12. The second-order valence-corrected chi connectivity index (χ2v) is 5.77. The molecule has 1 rings (SSSR count). The quantitative estimate of drug-likeness (QED) is 0.735. The molecule has 1 saturated heterocycles. The summed E-state index contributed by atoms with van der Waals surface area (Å²) >= 11 is 0. The van der Waals surface area contributed by atoms with Crippen LogP contribution < -0.4 is 0 Å². The predicted octanol–water partition coefficient (Wildman–Crippen LogP) is 0.131. The van der Waals surface area contributed by atoms with Gasteiger partial charge < -0.3 is 5.11 Å². The van der Waals surface area contributed by atoms with Gasteiger partial charge in [0.05, 0.1) is 5.75 Å². The van der Waals surface area contributed by atoms with Gasteiger partial charge in [-0.1, -0.05) is 6.92 Å². The zero-order chi connectivity index (χ0) is 10.9. The number of carboxylic acid groups (broad SMARTS) is 1. The lowest BCUT2D eigenvalue weighted by molar-refractivity contribution is -0.141. The Labute approximate surface area is 83.8 Å². The molecular weight excluding hydrogens is 206 g/mol. The lowest BCUT2D eigenvalue weighted by atomic mass is 10.0. The molecule has 0 aromatic rings. The van der Waals surface area contributed by atoms with Crippen LogP contribution in [0.3, 0.4) is 0 Å². The van der Waals surface area contributed by atoms with Crippen LogP contribution in [0.1, 0.15) is 20.3 Å². The third-order valence-electron chi connectivity index (χ3n) is 2.63. The fourth-order valence-electron chi connectivity index (χ4n) is 1.76. The molecule has 0 aromatic heterocycles. The smallest absolute Gasteiger partial charge is 0.322 e. The van der Waals surface area contributed by atoms with Crippen molar-refractivity contribution in [3.8, 4) is 0 Å². The Morgan fingerprint density at radius 1 is 1.57 bits per heavy atom. The molecule has 0 aliphatic carbocycles. The van der Waals surface area contributed by atoms with Crippen LogP contribution in [0.4, 0.5) is 0 Å². The molecule has 1 aliphatic heterocycles. The Morgan fingerprint density at radius 2 is 2.14 bits per heavy atom.